The normalized spacial score (nSPS) is 18.3. The van der Waals surface area contributed by atoms with Crippen LogP contribution < -0.4 is 0 Å². The number of ether oxygens (including phenoxy) is 1. The van der Waals surface area contributed by atoms with Gasteiger partial charge >= 0.3 is 0 Å². The van der Waals surface area contributed by atoms with Crippen LogP contribution in [0.25, 0.3) is 0 Å². The van der Waals surface area contributed by atoms with Crippen molar-refractivity contribution in [1.82, 2.24) is 4.90 Å². The first-order chi connectivity index (χ1) is 10.6. The molecule has 1 heterocycles. The van der Waals surface area contributed by atoms with Crippen molar-refractivity contribution >= 4 is 5.91 Å². The molecule has 3 rings (SSSR count). The van der Waals surface area contributed by atoms with Gasteiger partial charge in [0.15, 0.2) is 0 Å². The van der Waals surface area contributed by atoms with Gasteiger partial charge in [-0.1, -0.05) is 12.1 Å². The molecule has 2 aromatic rings. The van der Waals surface area contributed by atoms with Gasteiger partial charge in [-0.3, -0.25) is 4.79 Å². The molecular weight excluding hydrogens is 288 g/mol. The van der Waals surface area contributed by atoms with Gasteiger partial charge in [-0.2, -0.15) is 0 Å². The van der Waals surface area contributed by atoms with Crippen LogP contribution in [0.15, 0.2) is 48.5 Å². The fourth-order valence-corrected chi connectivity index (χ4v) is 2.49. The Kier molecular flexibility index (Phi) is 4.15. The summed E-state index contributed by atoms with van der Waals surface area (Å²) in [5.74, 6) is -0.836. The lowest BCUT2D eigenvalue weighted by Crippen LogP contribution is -2.42. The van der Waals surface area contributed by atoms with Crippen molar-refractivity contribution in [3.63, 3.8) is 0 Å². The van der Waals surface area contributed by atoms with E-state index in [-0.39, 0.29) is 23.6 Å². The molecule has 1 amide bonds. The minimum atomic E-state index is -0.372. The molecule has 1 aliphatic heterocycles. The predicted octanol–water partition coefficient (Wildman–Crippen LogP) is 3.18. The smallest absolute Gasteiger partial charge is 0.254 e. The van der Waals surface area contributed by atoms with E-state index >= 15 is 0 Å². The van der Waals surface area contributed by atoms with E-state index in [1.165, 1.54) is 36.4 Å². The topological polar surface area (TPSA) is 29.5 Å². The SMILES string of the molecule is O=C(c1ccc(F)cc1)N1CCO[C@H](c2ccc(F)cc2)C1. The fraction of sp³-hybridized carbons (Fsp3) is 0.235. The number of halogens is 2. The number of amides is 1. The number of rotatable bonds is 2. The standard InChI is InChI=1S/C17H15F2NO2/c18-14-5-1-12(2-6-14)16-11-20(9-10-22-16)17(21)13-3-7-15(19)8-4-13/h1-8,16H,9-11H2/t16-/m0/s1. The summed E-state index contributed by atoms with van der Waals surface area (Å²) in [5.41, 5.74) is 1.28. The Labute approximate surface area is 127 Å². The van der Waals surface area contributed by atoms with Crippen molar-refractivity contribution < 1.29 is 18.3 Å². The minimum absolute atomic E-state index is 0.157. The molecule has 2 aromatic carbocycles. The number of morpholine rings is 1. The van der Waals surface area contributed by atoms with Gasteiger partial charge in [-0.05, 0) is 42.0 Å². The Morgan fingerprint density at radius 3 is 2.23 bits per heavy atom. The molecular formula is C17H15F2NO2. The van der Waals surface area contributed by atoms with E-state index in [1.807, 2.05) is 0 Å². The maximum Gasteiger partial charge on any atom is 0.254 e. The summed E-state index contributed by atoms with van der Waals surface area (Å²) < 4.78 is 31.6. The molecule has 0 unspecified atom stereocenters. The molecule has 1 atom stereocenters. The third kappa shape index (κ3) is 3.14. The maximum absolute atomic E-state index is 13.0. The summed E-state index contributed by atoms with van der Waals surface area (Å²) in [6.45, 7) is 1.28. The number of carbonyl (C=O) groups is 1. The van der Waals surface area contributed by atoms with E-state index in [9.17, 15) is 13.6 Å². The van der Waals surface area contributed by atoms with Crippen molar-refractivity contribution in [2.24, 2.45) is 0 Å². The molecule has 1 fully saturated rings. The molecule has 22 heavy (non-hydrogen) atoms. The molecule has 1 aliphatic rings. The highest BCUT2D eigenvalue weighted by Gasteiger charge is 2.26. The molecule has 0 N–H and O–H groups in total. The van der Waals surface area contributed by atoms with Gasteiger partial charge in [-0.15, -0.1) is 0 Å². The summed E-state index contributed by atoms with van der Waals surface area (Å²) in [6, 6.07) is 11.5. The molecule has 0 aromatic heterocycles. The van der Waals surface area contributed by atoms with Gasteiger partial charge in [0.05, 0.1) is 13.2 Å². The summed E-state index contributed by atoms with van der Waals surface area (Å²) in [5, 5.41) is 0. The molecule has 0 saturated carbocycles. The Morgan fingerprint density at radius 1 is 1.00 bits per heavy atom. The summed E-state index contributed by atoms with van der Waals surface area (Å²) in [6.07, 6.45) is -0.279. The third-order valence-corrected chi connectivity index (χ3v) is 3.69. The van der Waals surface area contributed by atoms with E-state index in [1.54, 1.807) is 17.0 Å². The van der Waals surface area contributed by atoms with Crippen molar-refractivity contribution in [3.05, 3.63) is 71.3 Å². The van der Waals surface area contributed by atoms with Crippen LogP contribution >= 0.6 is 0 Å². The predicted molar refractivity (Wildman–Crippen MR) is 77.4 cm³/mol. The second-order valence-electron chi connectivity index (χ2n) is 5.17. The van der Waals surface area contributed by atoms with Gasteiger partial charge in [0, 0.05) is 12.1 Å². The van der Waals surface area contributed by atoms with Gasteiger partial charge in [0.2, 0.25) is 0 Å². The highest BCUT2D eigenvalue weighted by Crippen LogP contribution is 2.23. The summed E-state index contributed by atoms with van der Waals surface area (Å²) in [7, 11) is 0. The van der Waals surface area contributed by atoms with Crippen LogP contribution in [0.1, 0.15) is 22.0 Å². The fourth-order valence-electron chi connectivity index (χ4n) is 2.49. The second-order valence-corrected chi connectivity index (χ2v) is 5.17. The van der Waals surface area contributed by atoms with Crippen molar-refractivity contribution in [2.75, 3.05) is 19.7 Å². The quantitative estimate of drug-likeness (QED) is 0.853. The van der Waals surface area contributed by atoms with Crippen LogP contribution in [-0.4, -0.2) is 30.5 Å². The molecule has 5 heteroatoms. The van der Waals surface area contributed by atoms with Crippen LogP contribution in [0.2, 0.25) is 0 Å². The first-order valence-electron chi connectivity index (χ1n) is 7.05. The Balaban J connectivity index is 1.73. The Bertz CT molecular complexity index is 655. The van der Waals surface area contributed by atoms with E-state index in [0.29, 0.717) is 25.3 Å². The van der Waals surface area contributed by atoms with Crippen LogP contribution in [-0.2, 0) is 4.74 Å². The highest BCUT2D eigenvalue weighted by molar-refractivity contribution is 5.94. The largest absolute Gasteiger partial charge is 0.370 e. The van der Waals surface area contributed by atoms with E-state index < -0.39 is 0 Å². The van der Waals surface area contributed by atoms with Gasteiger partial charge < -0.3 is 9.64 Å². The van der Waals surface area contributed by atoms with Crippen LogP contribution in [0, 0.1) is 11.6 Å². The number of benzene rings is 2. The molecule has 1 saturated heterocycles. The molecule has 0 bridgehead atoms. The summed E-state index contributed by atoms with van der Waals surface area (Å²) >= 11 is 0. The number of nitrogens with zero attached hydrogens (tertiary/aromatic N) is 1. The number of hydrogen-bond donors (Lipinski definition) is 0. The van der Waals surface area contributed by atoms with Crippen LogP contribution in [0.5, 0.6) is 0 Å². The number of hydrogen-bond acceptors (Lipinski definition) is 2. The maximum atomic E-state index is 13.0. The Hall–Kier alpha value is -2.27. The van der Waals surface area contributed by atoms with Gasteiger partial charge in [0.1, 0.15) is 17.7 Å². The van der Waals surface area contributed by atoms with Crippen LogP contribution in [0.3, 0.4) is 0 Å². The highest BCUT2D eigenvalue weighted by atomic mass is 19.1. The lowest BCUT2D eigenvalue weighted by Gasteiger charge is -2.33. The Morgan fingerprint density at radius 2 is 1.59 bits per heavy atom. The monoisotopic (exact) mass is 303 g/mol. The van der Waals surface area contributed by atoms with Gasteiger partial charge in [-0.25, -0.2) is 8.78 Å². The average Bonchev–Trinajstić information content (AvgIpc) is 2.56. The number of carbonyl (C=O) groups excluding carboxylic acids is 1. The van der Waals surface area contributed by atoms with E-state index in [4.69, 9.17) is 4.74 Å². The molecule has 0 radical (unpaired) electrons. The van der Waals surface area contributed by atoms with E-state index in [0.717, 1.165) is 5.56 Å². The molecule has 3 nitrogen and oxygen atoms in total. The molecule has 114 valence electrons. The average molecular weight is 303 g/mol. The second kappa shape index (κ2) is 6.23. The minimum Gasteiger partial charge on any atom is -0.370 e. The van der Waals surface area contributed by atoms with Crippen molar-refractivity contribution in [1.29, 1.82) is 0 Å². The van der Waals surface area contributed by atoms with Crippen molar-refractivity contribution in [2.45, 2.75) is 6.10 Å². The zero-order valence-electron chi connectivity index (χ0n) is 11.8. The molecule has 0 aliphatic carbocycles. The van der Waals surface area contributed by atoms with Crippen molar-refractivity contribution in [3.8, 4) is 0 Å². The van der Waals surface area contributed by atoms with Crippen LogP contribution in [0.4, 0.5) is 8.78 Å². The first kappa shape index (κ1) is 14.7. The third-order valence-electron chi connectivity index (χ3n) is 3.69. The first-order valence-corrected chi connectivity index (χ1v) is 7.05. The van der Waals surface area contributed by atoms with E-state index in [2.05, 4.69) is 0 Å². The lowest BCUT2D eigenvalue weighted by molar-refractivity contribution is -0.0228. The summed E-state index contributed by atoms with van der Waals surface area (Å²) in [4.78, 5) is 14.1. The molecule has 0 spiro atoms. The lowest BCUT2D eigenvalue weighted by atomic mass is 10.1. The van der Waals surface area contributed by atoms with Gasteiger partial charge in [0.25, 0.3) is 5.91 Å². The zero-order chi connectivity index (χ0) is 15.5. The zero-order valence-corrected chi connectivity index (χ0v) is 11.8.